The first-order chi connectivity index (χ1) is 8.52. The normalized spacial score (nSPS) is 10.4. The van der Waals surface area contributed by atoms with Crippen molar-refractivity contribution in [2.24, 2.45) is 0 Å². The molecular formula is C13H12O5. The fraction of sp³-hybridized carbons (Fsp3) is 0.231. The van der Waals surface area contributed by atoms with Crippen molar-refractivity contribution in [1.29, 1.82) is 0 Å². The molecule has 0 radical (unpaired) electrons. The van der Waals surface area contributed by atoms with Crippen molar-refractivity contribution < 1.29 is 23.2 Å². The summed E-state index contributed by atoms with van der Waals surface area (Å²) >= 11 is 0. The van der Waals surface area contributed by atoms with E-state index >= 15 is 0 Å². The minimum Gasteiger partial charge on any atom is -0.466 e. The number of methoxy groups -OCH3 is 1. The highest BCUT2D eigenvalue weighted by Crippen LogP contribution is 2.19. The van der Waals surface area contributed by atoms with Gasteiger partial charge in [-0.15, -0.1) is 0 Å². The fourth-order valence-electron chi connectivity index (χ4n) is 1.66. The quantitative estimate of drug-likeness (QED) is 0.616. The Balaban J connectivity index is 2.32. The molecule has 0 aliphatic rings. The van der Waals surface area contributed by atoms with Crippen LogP contribution in [0.15, 0.2) is 27.0 Å². The number of carbonyl (C=O) groups excluding carboxylic acids is 2. The molecule has 2 rings (SSSR count). The zero-order valence-electron chi connectivity index (χ0n) is 10.3. The van der Waals surface area contributed by atoms with E-state index in [0.29, 0.717) is 17.1 Å². The Bertz CT molecular complexity index is 603. The predicted molar refractivity (Wildman–Crippen MR) is 61.7 cm³/mol. The first-order valence-corrected chi connectivity index (χ1v) is 5.33. The molecule has 5 heteroatoms. The molecule has 0 N–H and O–H groups in total. The monoisotopic (exact) mass is 248 g/mol. The minimum absolute atomic E-state index is 0.00119. The third-order valence-corrected chi connectivity index (χ3v) is 2.50. The Hall–Kier alpha value is -2.30. The van der Waals surface area contributed by atoms with E-state index in [-0.39, 0.29) is 17.3 Å². The summed E-state index contributed by atoms with van der Waals surface area (Å²) in [5.41, 5.74) is 0.429. The highest BCUT2D eigenvalue weighted by molar-refractivity contribution is 6.08. The molecule has 0 aromatic carbocycles. The molecule has 94 valence electrons. The fourth-order valence-corrected chi connectivity index (χ4v) is 1.66. The number of esters is 1. The molecule has 0 amide bonds. The van der Waals surface area contributed by atoms with Crippen LogP contribution < -0.4 is 0 Å². The van der Waals surface area contributed by atoms with Gasteiger partial charge in [-0.3, -0.25) is 4.79 Å². The molecule has 0 saturated heterocycles. The van der Waals surface area contributed by atoms with Crippen molar-refractivity contribution in [2.45, 2.75) is 13.8 Å². The van der Waals surface area contributed by atoms with Crippen molar-refractivity contribution >= 4 is 11.8 Å². The maximum atomic E-state index is 12.1. The van der Waals surface area contributed by atoms with Gasteiger partial charge in [-0.25, -0.2) is 4.79 Å². The number of aryl methyl sites for hydroxylation is 2. The van der Waals surface area contributed by atoms with Crippen LogP contribution >= 0.6 is 0 Å². The molecular weight excluding hydrogens is 236 g/mol. The van der Waals surface area contributed by atoms with Gasteiger partial charge in [0.05, 0.1) is 12.7 Å². The molecule has 0 unspecified atom stereocenters. The van der Waals surface area contributed by atoms with E-state index < -0.39 is 5.97 Å². The number of ketones is 1. The average molecular weight is 248 g/mol. The Morgan fingerprint density at radius 3 is 2.33 bits per heavy atom. The average Bonchev–Trinajstić information content (AvgIpc) is 2.94. The zero-order valence-corrected chi connectivity index (χ0v) is 10.3. The van der Waals surface area contributed by atoms with Crippen LogP contribution in [0.4, 0.5) is 0 Å². The largest absolute Gasteiger partial charge is 0.466 e. The van der Waals surface area contributed by atoms with Gasteiger partial charge in [-0.1, -0.05) is 0 Å². The standard InChI is InChI=1S/C13H12O5/c1-7-6-9(8(2)17-7)12(14)10-4-5-11(18-10)13(15)16-3/h4-6H,1-3H3. The molecule has 5 nitrogen and oxygen atoms in total. The SMILES string of the molecule is COC(=O)c1ccc(C(=O)c2cc(C)oc2C)o1. The van der Waals surface area contributed by atoms with Crippen LogP contribution in [-0.2, 0) is 4.74 Å². The summed E-state index contributed by atoms with van der Waals surface area (Å²) in [6, 6.07) is 4.48. The molecule has 0 spiro atoms. The molecule has 0 atom stereocenters. The summed E-state index contributed by atoms with van der Waals surface area (Å²) in [5, 5.41) is 0. The van der Waals surface area contributed by atoms with Gasteiger partial charge in [0, 0.05) is 0 Å². The maximum absolute atomic E-state index is 12.1. The summed E-state index contributed by atoms with van der Waals surface area (Å²) in [6.45, 7) is 3.45. The summed E-state index contributed by atoms with van der Waals surface area (Å²) in [5.74, 6) is 0.316. The number of hydrogen-bond donors (Lipinski definition) is 0. The van der Waals surface area contributed by atoms with Crippen LogP contribution in [0.25, 0.3) is 0 Å². The van der Waals surface area contributed by atoms with Gasteiger partial charge in [0.25, 0.3) is 0 Å². The Kier molecular flexibility index (Phi) is 3.06. The Morgan fingerprint density at radius 1 is 1.11 bits per heavy atom. The smallest absolute Gasteiger partial charge is 0.373 e. The summed E-state index contributed by atoms with van der Waals surface area (Å²) in [7, 11) is 1.25. The van der Waals surface area contributed by atoms with Gasteiger partial charge >= 0.3 is 5.97 Å². The summed E-state index contributed by atoms with van der Waals surface area (Å²) < 4.78 is 14.9. The third kappa shape index (κ3) is 2.07. The van der Waals surface area contributed by atoms with Crippen molar-refractivity contribution in [1.82, 2.24) is 0 Å². The molecule has 0 aliphatic heterocycles. The van der Waals surface area contributed by atoms with E-state index in [1.54, 1.807) is 19.9 Å². The van der Waals surface area contributed by atoms with Crippen LogP contribution in [0.3, 0.4) is 0 Å². The van der Waals surface area contributed by atoms with Crippen molar-refractivity contribution in [3.05, 3.63) is 46.8 Å². The number of rotatable bonds is 3. The van der Waals surface area contributed by atoms with Crippen LogP contribution in [0.5, 0.6) is 0 Å². The molecule has 0 saturated carbocycles. The topological polar surface area (TPSA) is 69.7 Å². The molecule has 0 aliphatic carbocycles. The lowest BCUT2D eigenvalue weighted by Gasteiger charge is -1.95. The molecule has 2 aromatic rings. The van der Waals surface area contributed by atoms with Crippen LogP contribution in [-0.4, -0.2) is 18.9 Å². The van der Waals surface area contributed by atoms with E-state index in [2.05, 4.69) is 4.74 Å². The highest BCUT2D eigenvalue weighted by Gasteiger charge is 2.20. The summed E-state index contributed by atoms with van der Waals surface area (Å²) in [4.78, 5) is 23.3. The highest BCUT2D eigenvalue weighted by atomic mass is 16.5. The van der Waals surface area contributed by atoms with Gasteiger partial charge in [-0.05, 0) is 32.0 Å². The van der Waals surface area contributed by atoms with Crippen LogP contribution in [0.1, 0.15) is 38.2 Å². The zero-order chi connectivity index (χ0) is 13.3. The van der Waals surface area contributed by atoms with E-state index in [1.807, 2.05) is 0 Å². The lowest BCUT2D eigenvalue weighted by molar-refractivity contribution is 0.0563. The molecule has 0 fully saturated rings. The van der Waals surface area contributed by atoms with Crippen molar-refractivity contribution in [3.63, 3.8) is 0 Å². The second-order valence-corrected chi connectivity index (χ2v) is 3.81. The van der Waals surface area contributed by atoms with Gasteiger partial charge < -0.3 is 13.6 Å². The van der Waals surface area contributed by atoms with E-state index in [9.17, 15) is 9.59 Å². The minimum atomic E-state index is -0.617. The molecule has 0 bridgehead atoms. The van der Waals surface area contributed by atoms with E-state index in [4.69, 9.17) is 8.83 Å². The van der Waals surface area contributed by atoms with Crippen molar-refractivity contribution in [2.75, 3.05) is 7.11 Å². The molecule has 2 heterocycles. The van der Waals surface area contributed by atoms with E-state index in [1.165, 1.54) is 19.2 Å². The number of ether oxygens (including phenoxy) is 1. The Labute approximate surface area is 103 Å². The summed E-state index contributed by atoms with van der Waals surface area (Å²) in [6.07, 6.45) is 0. The lowest BCUT2D eigenvalue weighted by atomic mass is 10.1. The first kappa shape index (κ1) is 12.2. The second kappa shape index (κ2) is 4.52. The van der Waals surface area contributed by atoms with E-state index in [0.717, 1.165) is 0 Å². The predicted octanol–water partition coefficient (Wildman–Crippen LogP) is 2.51. The van der Waals surface area contributed by atoms with Gasteiger partial charge in [0.2, 0.25) is 11.5 Å². The second-order valence-electron chi connectivity index (χ2n) is 3.81. The first-order valence-electron chi connectivity index (χ1n) is 5.33. The molecule has 18 heavy (non-hydrogen) atoms. The third-order valence-electron chi connectivity index (χ3n) is 2.50. The van der Waals surface area contributed by atoms with Gasteiger partial charge in [0.15, 0.2) is 5.76 Å². The number of carbonyl (C=O) groups is 2. The number of furan rings is 2. The van der Waals surface area contributed by atoms with Gasteiger partial charge in [0.1, 0.15) is 11.5 Å². The maximum Gasteiger partial charge on any atom is 0.373 e. The van der Waals surface area contributed by atoms with Crippen molar-refractivity contribution in [3.8, 4) is 0 Å². The van der Waals surface area contributed by atoms with Crippen LogP contribution in [0.2, 0.25) is 0 Å². The number of hydrogen-bond acceptors (Lipinski definition) is 5. The van der Waals surface area contributed by atoms with Crippen LogP contribution in [0, 0.1) is 13.8 Å². The lowest BCUT2D eigenvalue weighted by Crippen LogP contribution is -2.01. The molecule has 2 aromatic heterocycles. The van der Waals surface area contributed by atoms with Gasteiger partial charge in [-0.2, -0.15) is 0 Å². The Morgan fingerprint density at radius 2 is 1.78 bits per heavy atom.